The number of carbonyl (C=O) groups excluding carboxylic acids is 1. The van der Waals surface area contributed by atoms with Crippen molar-refractivity contribution in [1.82, 2.24) is 0 Å². The first-order valence-electron chi connectivity index (χ1n) is 6.09. The van der Waals surface area contributed by atoms with Gasteiger partial charge in [-0.3, -0.25) is 14.9 Å². The van der Waals surface area contributed by atoms with Gasteiger partial charge in [0.05, 0.1) is 19.1 Å². The second kappa shape index (κ2) is 6.04. The van der Waals surface area contributed by atoms with Crippen LogP contribution in [0.1, 0.15) is 15.9 Å². The van der Waals surface area contributed by atoms with Gasteiger partial charge in [0.25, 0.3) is 0 Å². The Morgan fingerprint density at radius 1 is 1.05 bits per heavy atom. The van der Waals surface area contributed by atoms with Crippen molar-refractivity contribution in [3.63, 3.8) is 0 Å². The van der Waals surface area contributed by atoms with Crippen LogP contribution >= 0.6 is 0 Å². The first-order chi connectivity index (χ1) is 10.1. The maximum absolute atomic E-state index is 12.6. The number of nitro groups is 1. The minimum atomic E-state index is -0.597. The summed E-state index contributed by atoms with van der Waals surface area (Å²) in [6.07, 6.45) is 0. The van der Waals surface area contributed by atoms with E-state index in [4.69, 9.17) is 9.47 Å². The van der Waals surface area contributed by atoms with Gasteiger partial charge in [0.15, 0.2) is 0 Å². The molecule has 0 aliphatic rings. The second-order valence-electron chi connectivity index (χ2n) is 4.15. The Morgan fingerprint density at radius 2 is 1.71 bits per heavy atom. The van der Waals surface area contributed by atoms with Gasteiger partial charge in [-0.15, -0.1) is 0 Å². The van der Waals surface area contributed by atoms with Crippen molar-refractivity contribution in [2.45, 2.75) is 0 Å². The van der Waals surface area contributed by atoms with Crippen molar-refractivity contribution in [2.24, 2.45) is 0 Å². The zero-order chi connectivity index (χ0) is 15.4. The number of methoxy groups -OCH3 is 2. The predicted molar refractivity (Wildman–Crippen MR) is 76.1 cm³/mol. The van der Waals surface area contributed by atoms with Crippen molar-refractivity contribution in [2.75, 3.05) is 14.2 Å². The fraction of sp³-hybridized carbons (Fsp3) is 0.133. The lowest BCUT2D eigenvalue weighted by molar-refractivity contribution is -0.385. The molecule has 6 heteroatoms. The van der Waals surface area contributed by atoms with Crippen molar-refractivity contribution in [3.8, 4) is 11.5 Å². The van der Waals surface area contributed by atoms with E-state index < -0.39 is 10.7 Å². The van der Waals surface area contributed by atoms with Crippen LogP contribution in [0.15, 0.2) is 42.5 Å². The summed E-state index contributed by atoms with van der Waals surface area (Å²) < 4.78 is 10.2. The summed E-state index contributed by atoms with van der Waals surface area (Å²) >= 11 is 0. The molecule has 0 atom stereocenters. The van der Waals surface area contributed by atoms with E-state index in [1.54, 1.807) is 30.3 Å². The Labute approximate surface area is 121 Å². The van der Waals surface area contributed by atoms with Crippen LogP contribution in [0, 0.1) is 10.1 Å². The van der Waals surface area contributed by atoms with E-state index in [2.05, 4.69) is 0 Å². The summed E-state index contributed by atoms with van der Waals surface area (Å²) in [7, 11) is 2.67. The lowest BCUT2D eigenvalue weighted by Gasteiger charge is -2.12. The molecule has 0 saturated heterocycles. The smallest absolute Gasteiger partial charge is 0.311 e. The lowest BCUT2D eigenvalue weighted by atomic mass is 10.0. The standard InChI is InChI=1S/C15H13NO5/c1-20-12-9-8-11(16(18)19)15(21-2)13(12)14(17)10-6-4-3-5-7-10/h3-9H,1-2H3. The molecule has 2 rings (SSSR count). The molecule has 0 saturated carbocycles. The molecule has 0 bridgehead atoms. The normalized spacial score (nSPS) is 10.0. The Kier molecular flexibility index (Phi) is 4.18. The van der Waals surface area contributed by atoms with E-state index in [9.17, 15) is 14.9 Å². The molecule has 2 aromatic rings. The number of ether oxygens (including phenoxy) is 2. The highest BCUT2D eigenvalue weighted by Crippen LogP contribution is 2.38. The van der Waals surface area contributed by atoms with Crippen LogP contribution < -0.4 is 9.47 Å². The highest BCUT2D eigenvalue weighted by molar-refractivity contribution is 6.13. The summed E-state index contributed by atoms with van der Waals surface area (Å²) in [5, 5.41) is 11.1. The number of ketones is 1. The number of benzene rings is 2. The molecule has 0 unspecified atom stereocenters. The van der Waals surface area contributed by atoms with Crippen molar-refractivity contribution in [3.05, 3.63) is 63.7 Å². The molecule has 0 fully saturated rings. The molecule has 0 heterocycles. The van der Waals surface area contributed by atoms with E-state index >= 15 is 0 Å². The van der Waals surface area contributed by atoms with Crippen LogP contribution in [0.25, 0.3) is 0 Å². The minimum absolute atomic E-state index is 0.0420. The Balaban J connectivity index is 2.68. The maximum Gasteiger partial charge on any atom is 0.311 e. The van der Waals surface area contributed by atoms with Crippen LogP contribution in [-0.4, -0.2) is 24.9 Å². The van der Waals surface area contributed by atoms with E-state index in [1.165, 1.54) is 26.4 Å². The zero-order valence-electron chi connectivity index (χ0n) is 11.5. The van der Waals surface area contributed by atoms with E-state index in [0.717, 1.165) is 0 Å². The second-order valence-corrected chi connectivity index (χ2v) is 4.15. The third-order valence-electron chi connectivity index (χ3n) is 2.98. The van der Waals surface area contributed by atoms with Gasteiger partial charge in [-0.2, -0.15) is 0 Å². The predicted octanol–water partition coefficient (Wildman–Crippen LogP) is 2.84. The molecule has 0 N–H and O–H groups in total. The molecular formula is C15H13NO5. The van der Waals surface area contributed by atoms with Gasteiger partial charge < -0.3 is 9.47 Å². The van der Waals surface area contributed by atoms with Gasteiger partial charge in [0.2, 0.25) is 11.5 Å². The van der Waals surface area contributed by atoms with Gasteiger partial charge in [-0.25, -0.2) is 0 Å². The summed E-state index contributed by atoms with van der Waals surface area (Å²) in [6, 6.07) is 11.1. The summed E-state index contributed by atoms with van der Waals surface area (Å²) in [5.74, 6) is -0.271. The number of rotatable bonds is 5. The molecule has 0 spiro atoms. The van der Waals surface area contributed by atoms with Crippen LogP contribution in [0.4, 0.5) is 5.69 Å². The van der Waals surface area contributed by atoms with Gasteiger partial charge in [-0.1, -0.05) is 30.3 Å². The average molecular weight is 287 g/mol. The van der Waals surface area contributed by atoms with Gasteiger partial charge in [-0.05, 0) is 6.07 Å². The quantitative estimate of drug-likeness (QED) is 0.480. The van der Waals surface area contributed by atoms with Crippen molar-refractivity contribution in [1.29, 1.82) is 0 Å². The monoisotopic (exact) mass is 287 g/mol. The van der Waals surface area contributed by atoms with Crippen LogP contribution in [0.3, 0.4) is 0 Å². The maximum atomic E-state index is 12.6. The van der Waals surface area contributed by atoms with Gasteiger partial charge in [0, 0.05) is 11.6 Å². The fourth-order valence-electron chi connectivity index (χ4n) is 2.02. The molecule has 0 aliphatic carbocycles. The van der Waals surface area contributed by atoms with Crippen LogP contribution in [0.2, 0.25) is 0 Å². The lowest BCUT2D eigenvalue weighted by Crippen LogP contribution is -2.08. The first-order valence-corrected chi connectivity index (χ1v) is 6.09. The number of carbonyl (C=O) groups is 1. The molecule has 0 amide bonds. The Bertz CT molecular complexity index is 682. The minimum Gasteiger partial charge on any atom is -0.496 e. The molecule has 108 valence electrons. The molecular weight excluding hydrogens is 274 g/mol. The van der Waals surface area contributed by atoms with Crippen molar-refractivity contribution >= 4 is 11.5 Å². The molecule has 0 aromatic heterocycles. The number of nitro benzene ring substituents is 1. The number of hydrogen-bond donors (Lipinski definition) is 0. The fourth-order valence-corrected chi connectivity index (χ4v) is 2.02. The number of nitrogens with zero attached hydrogens (tertiary/aromatic N) is 1. The average Bonchev–Trinajstić information content (AvgIpc) is 2.53. The SMILES string of the molecule is COc1ccc([N+](=O)[O-])c(OC)c1C(=O)c1ccccc1. The molecule has 0 aliphatic heterocycles. The van der Waals surface area contributed by atoms with Crippen molar-refractivity contribution < 1.29 is 19.2 Å². The third kappa shape index (κ3) is 2.69. The first kappa shape index (κ1) is 14.5. The summed E-state index contributed by atoms with van der Waals surface area (Å²) in [4.78, 5) is 23.1. The topological polar surface area (TPSA) is 78.7 Å². The van der Waals surface area contributed by atoms with E-state index in [-0.39, 0.29) is 22.7 Å². The molecule has 0 radical (unpaired) electrons. The van der Waals surface area contributed by atoms with Gasteiger partial charge in [0.1, 0.15) is 11.3 Å². The molecule has 2 aromatic carbocycles. The van der Waals surface area contributed by atoms with Crippen LogP contribution in [0.5, 0.6) is 11.5 Å². The third-order valence-corrected chi connectivity index (χ3v) is 2.98. The number of hydrogen-bond acceptors (Lipinski definition) is 5. The zero-order valence-corrected chi connectivity index (χ0v) is 11.5. The van der Waals surface area contributed by atoms with Gasteiger partial charge >= 0.3 is 5.69 Å². The molecule has 21 heavy (non-hydrogen) atoms. The van der Waals surface area contributed by atoms with Crippen LogP contribution in [-0.2, 0) is 0 Å². The van der Waals surface area contributed by atoms with E-state index in [0.29, 0.717) is 5.56 Å². The highest BCUT2D eigenvalue weighted by atomic mass is 16.6. The van der Waals surface area contributed by atoms with E-state index in [1.807, 2.05) is 0 Å². The highest BCUT2D eigenvalue weighted by Gasteiger charge is 2.27. The Hall–Kier alpha value is -2.89. The summed E-state index contributed by atoms with van der Waals surface area (Å²) in [5.41, 5.74) is 0.160. The molecule has 6 nitrogen and oxygen atoms in total. The Morgan fingerprint density at radius 3 is 2.24 bits per heavy atom. The largest absolute Gasteiger partial charge is 0.496 e. The summed E-state index contributed by atoms with van der Waals surface area (Å²) in [6.45, 7) is 0.